The van der Waals surface area contributed by atoms with Crippen LogP contribution in [0.3, 0.4) is 0 Å². The fourth-order valence-corrected chi connectivity index (χ4v) is 4.12. The van der Waals surface area contributed by atoms with Gasteiger partial charge in [0.05, 0.1) is 16.7 Å². The average molecular weight is 507 g/mol. The van der Waals surface area contributed by atoms with E-state index >= 15 is 0 Å². The second kappa shape index (κ2) is 9.23. The lowest BCUT2D eigenvalue weighted by Crippen LogP contribution is -2.13. The number of nitrogens with zero attached hydrogens (tertiary/aromatic N) is 4. The second-order valence-electron chi connectivity index (χ2n) is 9.21. The third kappa shape index (κ3) is 4.97. The van der Waals surface area contributed by atoms with Gasteiger partial charge in [-0.2, -0.15) is 5.10 Å². The molecule has 0 aliphatic heterocycles. The molecule has 2 heterocycles. The number of aryl methyl sites for hydroxylation is 2. The van der Waals surface area contributed by atoms with Crippen LogP contribution in [-0.2, 0) is 0 Å². The molecular weight excluding hydrogens is 484 g/mol. The van der Waals surface area contributed by atoms with Crippen LogP contribution in [0.15, 0.2) is 42.5 Å². The van der Waals surface area contributed by atoms with Crippen molar-refractivity contribution in [3.05, 3.63) is 86.4 Å². The monoisotopic (exact) mass is 507 g/mol. The highest BCUT2D eigenvalue weighted by Crippen LogP contribution is 2.40. The van der Waals surface area contributed by atoms with Crippen molar-refractivity contribution >= 4 is 22.9 Å². The number of nitro benzene ring substituents is 1. The van der Waals surface area contributed by atoms with Crippen LogP contribution in [0.1, 0.15) is 63.8 Å². The molecule has 11 heteroatoms. The number of halogens is 2. The topological polar surface area (TPSA) is 112 Å². The Kier molecular flexibility index (Phi) is 6.06. The third-order valence-corrected chi connectivity index (χ3v) is 6.28. The zero-order valence-electron chi connectivity index (χ0n) is 20.3. The number of hydrogen-bond donors (Lipinski definition) is 1. The number of benzene rings is 2. The fraction of sp³-hybridized carbons (Fsp3) is 0.269. The van der Waals surface area contributed by atoms with E-state index in [-0.39, 0.29) is 40.1 Å². The first-order valence-corrected chi connectivity index (χ1v) is 11.6. The minimum atomic E-state index is -2.80. The molecule has 0 atom stereocenters. The Bertz CT molecular complexity index is 1560. The second-order valence-corrected chi connectivity index (χ2v) is 9.21. The summed E-state index contributed by atoms with van der Waals surface area (Å²) in [5.41, 5.74) is 2.83. The quantitative estimate of drug-likeness (QED) is 0.228. The van der Waals surface area contributed by atoms with Gasteiger partial charge in [0.2, 0.25) is 0 Å². The minimum absolute atomic E-state index is 0.0917. The molecule has 1 N–H and O–H groups in total. The molecule has 190 valence electrons. The number of rotatable bonds is 7. The molecular formula is C26H23F2N5O4. The van der Waals surface area contributed by atoms with Crippen LogP contribution in [0.25, 0.3) is 5.65 Å². The first kappa shape index (κ1) is 24.3. The van der Waals surface area contributed by atoms with Crippen LogP contribution in [-0.4, -0.2) is 25.4 Å². The van der Waals surface area contributed by atoms with E-state index in [2.05, 4.69) is 15.4 Å². The largest absolute Gasteiger partial charge is 0.457 e. The molecule has 2 aromatic heterocycles. The Labute approximate surface area is 210 Å². The van der Waals surface area contributed by atoms with Crippen molar-refractivity contribution in [3.8, 4) is 11.5 Å². The predicted octanol–water partition coefficient (Wildman–Crippen LogP) is 6.42. The van der Waals surface area contributed by atoms with E-state index in [4.69, 9.17) is 4.74 Å². The molecule has 0 spiro atoms. The van der Waals surface area contributed by atoms with Crippen LogP contribution >= 0.6 is 0 Å². The van der Waals surface area contributed by atoms with E-state index in [0.717, 1.165) is 34.0 Å². The molecule has 1 saturated carbocycles. The fourth-order valence-electron chi connectivity index (χ4n) is 4.12. The maximum Gasteiger partial charge on any atom is 0.280 e. The number of carbonyl (C=O) groups excluding carboxylic acids is 1. The summed E-state index contributed by atoms with van der Waals surface area (Å²) >= 11 is 0. The van der Waals surface area contributed by atoms with Gasteiger partial charge in [0, 0.05) is 29.8 Å². The highest BCUT2D eigenvalue weighted by molar-refractivity contribution is 6.03. The Hall–Kier alpha value is -4.41. The number of alkyl halides is 2. The number of hydrogen-bond acceptors (Lipinski definition) is 6. The van der Waals surface area contributed by atoms with Gasteiger partial charge in [-0.3, -0.25) is 14.9 Å². The molecule has 1 aliphatic carbocycles. The molecule has 2 aromatic carbocycles. The lowest BCUT2D eigenvalue weighted by atomic mass is 10.1. The first-order valence-electron chi connectivity index (χ1n) is 11.6. The number of non-ortho nitro benzene ring substituents is 1. The Morgan fingerprint density at radius 2 is 1.89 bits per heavy atom. The Balaban J connectivity index is 1.46. The molecule has 9 nitrogen and oxygen atoms in total. The zero-order valence-corrected chi connectivity index (χ0v) is 20.3. The molecule has 5 rings (SSSR count). The number of ether oxygens (including phenoxy) is 1. The Morgan fingerprint density at radius 3 is 2.57 bits per heavy atom. The van der Waals surface area contributed by atoms with Gasteiger partial charge in [-0.1, -0.05) is 6.07 Å². The van der Waals surface area contributed by atoms with Gasteiger partial charge in [0.25, 0.3) is 18.0 Å². The van der Waals surface area contributed by atoms with Gasteiger partial charge in [-0.15, -0.1) is 0 Å². The van der Waals surface area contributed by atoms with Gasteiger partial charge in [0.1, 0.15) is 17.2 Å². The SMILES string of the molecule is Cc1cc(C)c(C)c(Oc2cc(NC(=O)c3cc4nc(C5CC5)cc(C(F)F)n4n3)cc([N+](=O)[O-])c2)c1. The summed E-state index contributed by atoms with van der Waals surface area (Å²) in [6.07, 6.45) is -1.04. The first-order chi connectivity index (χ1) is 17.6. The summed E-state index contributed by atoms with van der Waals surface area (Å²) in [4.78, 5) is 28.3. The maximum absolute atomic E-state index is 13.7. The molecule has 37 heavy (non-hydrogen) atoms. The van der Waals surface area contributed by atoms with E-state index in [1.54, 1.807) is 0 Å². The molecule has 0 unspecified atom stereocenters. The van der Waals surface area contributed by atoms with Gasteiger partial charge in [-0.25, -0.2) is 18.3 Å². The summed E-state index contributed by atoms with van der Waals surface area (Å²) in [5.74, 6) is 0.0996. The van der Waals surface area contributed by atoms with Crippen LogP contribution in [0.2, 0.25) is 0 Å². The van der Waals surface area contributed by atoms with E-state index in [1.165, 1.54) is 30.3 Å². The average Bonchev–Trinajstić information content (AvgIpc) is 3.59. The molecule has 1 aliphatic rings. The minimum Gasteiger partial charge on any atom is -0.457 e. The van der Waals surface area contributed by atoms with Gasteiger partial charge < -0.3 is 10.1 Å². The summed E-state index contributed by atoms with van der Waals surface area (Å²) in [6, 6.07) is 10.4. The van der Waals surface area contributed by atoms with Crippen molar-refractivity contribution in [2.24, 2.45) is 0 Å². The number of aromatic nitrogens is 3. The molecule has 0 bridgehead atoms. The summed E-state index contributed by atoms with van der Waals surface area (Å²) in [6.45, 7) is 5.73. The van der Waals surface area contributed by atoms with Crippen molar-refractivity contribution in [1.29, 1.82) is 0 Å². The number of nitrogens with one attached hydrogen (secondary N) is 1. The summed E-state index contributed by atoms with van der Waals surface area (Å²) in [5, 5.41) is 18.1. The van der Waals surface area contributed by atoms with Crippen molar-refractivity contribution in [2.75, 3.05) is 5.32 Å². The van der Waals surface area contributed by atoms with Crippen LogP contribution in [0.4, 0.5) is 20.2 Å². The van der Waals surface area contributed by atoms with E-state index in [0.29, 0.717) is 11.4 Å². The molecule has 0 radical (unpaired) electrons. The summed E-state index contributed by atoms with van der Waals surface area (Å²) < 4.78 is 34.3. The van der Waals surface area contributed by atoms with Crippen LogP contribution in [0, 0.1) is 30.9 Å². The lowest BCUT2D eigenvalue weighted by molar-refractivity contribution is -0.384. The molecule has 4 aromatic rings. The summed E-state index contributed by atoms with van der Waals surface area (Å²) in [7, 11) is 0. The third-order valence-electron chi connectivity index (χ3n) is 6.28. The van der Waals surface area contributed by atoms with Gasteiger partial charge in [0.15, 0.2) is 11.3 Å². The predicted molar refractivity (Wildman–Crippen MR) is 132 cm³/mol. The van der Waals surface area contributed by atoms with Gasteiger partial charge >= 0.3 is 0 Å². The van der Waals surface area contributed by atoms with Crippen molar-refractivity contribution in [2.45, 2.75) is 46.0 Å². The van der Waals surface area contributed by atoms with Crippen LogP contribution < -0.4 is 10.1 Å². The Morgan fingerprint density at radius 1 is 1.14 bits per heavy atom. The highest BCUT2D eigenvalue weighted by Gasteiger charge is 2.28. The smallest absolute Gasteiger partial charge is 0.280 e. The normalized spacial score (nSPS) is 13.2. The number of anilines is 1. The number of amides is 1. The maximum atomic E-state index is 13.7. The van der Waals surface area contributed by atoms with Crippen molar-refractivity contribution < 1.29 is 23.2 Å². The number of nitro groups is 1. The van der Waals surface area contributed by atoms with Gasteiger partial charge in [-0.05, 0) is 62.4 Å². The van der Waals surface area contributed by atoms with Crippen molar-refractivity contribution in [1.82, 2.24) is 14.6 Å². The molecule has 0 saturated heterocycles. The van der Waals surface area contributed by atoms with Crippen LogP contribution in [0.5, 0.6) is 11.5 Å². The standard InChI is InChI=1S/C26H23F2N5O4/c1-13-6-14(2)15(3)23(7-13)37-19-9-17(8-18(10-19)33(35)36)29-26(34)21-12-24-30-20(16-4-5-16)11-22(25(27)28)32(24)31-21/h6-12,16,25H,4-5H2,1-3H3,(H,29,34). The van der Waals surface area contributed by atoms with Crippen molar-refractivity contribution in [3.63, 3.8) is 0 Å². The van der Waals surface area contributed by atoms with E-state index in [1.807, 2.05) is 32.9 Å². The van der Waals surface area contributed by atoms with E-state index < -0.39 is 17.3 Å². The number of carbonyl (C=O) groups is 1. The highest BCUT2D eigenvalue weighted by atomic mass is 19.3. The molecule has 1 amide bonds. The zero-order chi connectivity index (χ0) is 26.4. The van der Waals surface area contributed by atoms with E-state index in [9.17, 15) is 23.7 Å². The lowest BCUT2D eigenvalue weighted by Gasteiger charge is -2.13. The molecule has 1 fully saturated rings. The number of fused-ring (bicyclic) bond motifs is 1.